The number of hydrogen-bond donors (Lipinski definition) is 2. The second kappa shape index (κ2) is 7.19. The van der Waals surface area contributed by atoms with Crippen molar-refractivity contribution >= 4 is 27.6 Å². The molecule has 1 aromatic carbocycles. The van der Waals surface area contributed by atoms with Crippen molar-refractivity contribution in [3.05, 3.63) is 35.9 Å². The lowest BCUT2D eigenvalue weighted by atomic mass is 10.3. The lowest BCUT2D eigenvalue weighted by Gasteiger charge is -2.12. The maximum atomic E-state index is 11.9. The molecule has 0 spiro atoms. The molecule has 7 nitrogen and oxygen atoms in total. The summed E-state index contributed by atoms with van der Waals surface area (Å²) in [6.07, 6.45) is 0.297. The zero-order valence-electron chi connectivity index (χ0n) is 12.5. The largest absolute Gasteiger partial charge is 0.449 e. The minimum Gasteiger partial charge on any atom is -0.449 e. The Morgan fingerprint density at radius 2 is 1.77 bits per heavy atom. The molecule has 1 amide bonds. The number of carbonyl (C=O) groups excluding carboxylic acids is 2. The molecule has 1 rings (SSSR count). The van der Waals surface area contributed by atoms with Crippen LogP contribution in [0.3, 0.4) is 0 Å². The first-order valence-electron chi connectivity index (χ1n) is 6.39. The van der Waals surface area contributed by atoms with Crippen molar-refractivity contribution in [2.24, 2.45) is 5.14 Å². The predicted octanol–water partition coefficient (Wildman–Crippen LogP) is 1.17. The van der Waals surface area contributed by atoms with Crippen molar-refractivity contribution < 1.29 is 22.7 Å². The third-order valence-electron chi connectivity index (χ3n) is 2.52. The van der Waals surface area contributed by atoms with Gasteiger partial charge in [0.15, 0.2) is 6.10 Å². The maximum Gasteiger partial charge on any atom is 0.331 e. The fraction of sp³-hybridized carbons (Fsp3) is 0.286. The second-order valence-corrected chi connectivity index (χ2v) is 6.42. The van der Waals surface area contributed by atoms with E-state index in [0.29, 0.717) is 5.69 Å². The summed E-state index contributed by atoms with van der Waals surface area (Å²) < 4.78 is 27.2. The third kappa shape index (κ3) is 5.66. The number of carbonyl (C=O) groups is 2. The molecule has 0 aliphatic heterocycles. The third-order valence-corrected chi connectivity index (χ3v) is 3.45. The van der Waals surface area contributed by atoms with Crippen molar-refractivity contribution in [2.75, 3.05) is 5.32 Å². The first kappa shape index (κ1) is 17.9. The molecule has 0 radical (unpaired) electrons. The van der Waals surface area contributed by atoms with Crippen molar-refractivity contribution in [1.82, 2.24) is 0 Å². The normalized spacial score (nSPS) is 12.2. The smallest absolute Gasteiger partial charge is 0.331 e. The highest BCUT2D eigenvalue weighted by molar-refractivity contribution is 7.89. The van der Waals surface area contributed by atoms with E-state index in [0.717, 1.165) is 5.57 Å². The quantitative estimate of drug-likeness (QED) is 0.622. The minimum absolute atomic E-state index is 0.0615. The summed E-state index contributed by atoms with van der Waals surface area (Å²) in [7, 11) is -3.78. The SMILES string of the molecule is CC(C)=CC(=O)O[C@@H](C)C(=O)Nc1ccc(S(N)(=O)=O)cc1. The van der Waals surface area contributed by atoms with Gasteiger partial charge in [-0.1, -0.05) is 5.57 Å². The molecular formula is C14H18N2O5S. The van der Waals surface area contributed by atoms with Crippen LogP contribution in [0, 0.1) is 0 Å². The van der Waals surface area contributed by atoms with Crippen LogP contribution in [-0.2, 0) is 24.3 Å². The van der Waals surface area contributed by atoms with Gasteiger partial charge in [0.2, 0.25) is 10.0 Å². The summed E-state index contributed by atoms with van der Waals surface area (Å²) in [6.45, 7) is 4.91. The number of ether oxygens (including phenoxy) is 1. The fourth-order valence-corrected chi connectivity index (χ4v) is 1.98. The van der Waals surface area contributed by atoms with E-state index < -0.39 is 28.0 Å². The molecule has 0 aliphatic rings. The monoisotopic (exact) mass is 326 g/mol. The fourth-order valence-electron chi connectivity index (χ4n) is 1.47. The van der Waals surface area contributed by atoms with Gasteiger partial charge in [-0.15, -0.1) is 0 Å². The standard InChI is InChI=1S/C14H18N2O5S/c1-9(2)8-13(17)21-10(3)14(18)16-11-4-6-12(7-5-11)22(15,19)20/h4-8,10H,1-3H3,(H,16,18)(H2,15,19,20)/t10-/m0/s1. The number of anilines is 1. The van der Waals surface area contributed by atoms with Gasteiger partial charge in [-0.25, -0.2) is 18.4 Å². The van der Waals surface area contributed by atoms with Crippen LogP contribution < -0.4 is 10.5 Å². The first-order valence-corrected chi connectivity index (χ1v) is 7.93. The van der Waals surface area contributed by atoms with Crippen LogP contribution in [0.15, 0.2) is 40.8 Å². The van der Waals surface area contributed by atoms with Gasteiger partial charge in [0.05, 0.1) is 4.90 Å². The Balaban J connectivity index is 2.68. The molecule has 1 aromatic rings. The van der Waals surface area contributed by atoms with Crippen LogP contribution in [0.1, 0.15) is 20.8 Å². The van der Waals surface area contributed by atoms with Gasteiger partial charge in [-0.3, -0.25) is 4.79 Å². The van der Waals surface area contributed by atoms with Crippen molar-refractivity contribution in [3.8, 4) is 0 Å². The molecule has 0 saturated carbocycles. The summed E-state index contributed by atoms with van der Waals surface area (Å²) in [6, 6.07) is 5.32. The number of hydrogen-bond acceptors (Lipinski definition) is 5. The molecule has 1 atom stereocenters. The molecule has 0 heterocycles. The van der Waals surface area contributed by atoms with E-state index in [2.05, 4.69) is 5.32 Å². The average molecular weight is 326 g/mol. The van der Waals surface area contributed by atoms with Gasteiger partial charge in [0, 0.05) is 11.8 Å². The van der Waals surface area contributed by atoms with Gasteiger partial charge in [-0.2, -0.15) is 0 Å². The van der Waals surface area contributed by atoms with Crippen LogP contribution >= 0.6 is 0 Å². The Labute approximate surface area is 129 Å². The second-order valence-electron chi connectivity index (χ2n) is 4.86. The Hall–Kier alpha value is -2.19. The van der Waals surface area contributed by atoms with Crippen LogP contribution in [0.5, 0.6) is 0 Å². The topological polar surface area (TPSA) is 116 Å². The number of primary sulfonamides is 1. The summed E-state index contributed by atoms with van der Waals surface area (Å²) in [5.41, 5.74) is 1.12. The molecule has 0 aromatic heterocycles. The molecule has 0 unspecified atom stereocenters. The summed E-state index contributed by atoms with van der Waals surface area (Å²) in [5.74, 6) is -1.13. The lowest BCUT2D eigenvalue weighted by Crippen LogP contribution is -2.29. The zero-order valence-corrected chi connectivity index (χ0v) is 13.3. The molecule has 0 bridgehead atoms. The molecular weight excluding hydrogens is 308 g/mol. The van der Waals surface area contributed by atoms with Gasteiger partial charge in [-0.05, 0) is 45.0 Å². The minimum atomic E-state index is -3.78. The van der Waals surface area contributed by atoms with Crippen molar-refractivity contribution in [2.45, 2.75) is 31.8 Å². The van der Waals surface area contributed by atoms with E-state index in [1.807, 2.05) is 0 Å². The van der Waals surface area contributed by atoms with Gasteiger partial charge in [0.1, 0.15) is 0 Å². The van der Waals surface area contributed by atoms with E-state index in [1.165, 1.54) is 37.3 Å². The zero-order chi connectivity index (χ0) is 16.9. The van der Waals surface area contributed by atoms with Crippen LogP contribution in [-0.4, -0.2) is 26.4 Å². The molecule has 0 saturated heterocycles. The van der Waals surface area contributed by atoms with Gasteiger partial charge < -0.3 is 10.1 Å². The number of sulfonamides is 1. The average Bonchev–Trinajstić information content (AvgIpc) is 2.36. The highest BCUT2D eigenvalue weighted by Crippen LogP contribution is 2.13. The van der Waals surface area contributed by atoms with Gasteiger partial charge >= 0.3 is 5.97 Å². The predicted molar refractivity (Wildman–Crippen MR) is 81.4 cm³/mol. The molecule has 120 valence electrons. The molecule has 22 heavy (non-hydrogen) atoms. The molecule has 0 fully saturated rings. The number of amides is 1. The Bertz CT molecular complexity index is 688. The number of rotatable bonds is 5. The van der Waals surface area contributed by atoms with E-state index in [4.69, 9.17) is 9.88 Å². The Kier molecular flexibility index (Phi) is 5.84. The van der Waals surface area contributed by atoms with E-state index in [9.17, 15) is 18.0 Å². The van der Waals surface area contributed by atoms with Crippen LogP contribution in [0.2, 0.25) is 0 Å². The lowest BCUT2D eigenvalue weighted by molar-refractivity contribution is -0.148. The van der Waals surface area contributed by atoms with Crippen molar-refractivity contribution in [1.29, 1.82) is 0 Å². The Morgan fingerprint density at radius 1 is 1.23 bits per heavy atom. The van der Waals surface area contributed by atoms with E-state index >= 15 is 0 Å². The molecule has 0 aliphatic carbocycles. The highest BCUT2D eigenvalue weighted by atomic mass is 32.2. The maximum absolute atomic E-state index is 11.9. The Morgan fingerprint density at radius 3 is 2.23 bits per heavy atom. The first-order chi connectivity index (χ1) is 10.1. The number of nitrogens with one attached hydrogen (secondary N) is 1. The number of nitrogens with two attached hydrogens (primary N) is 1. The number of esters is 1. The van der Waals surface area contributed by atoms with E-state index in [1.54, 1.807) is 13.8 Å². The summed E-state index contributed by atoms with van der Waals surface area (Å²) >= 11 is 0. The van der Waals surface area contributed by atoms with Crippen molar-refractivity contribution in [3.63, 3.8) is 0 Å². The molecule has 8 heteroatoms. The van der Waals surface area contributed by atoms with Gasteiger partial charge in [0.25, 0.3) is 5.91 Å². The molecule has 3 N–H and O–H groups in total. The highest BCUT2D eigenvalue weighted by Gasteiger charge is 2.17. The number of allylic oxidation sites excluding steroid dienone is 1. The van der Waals surface area contributed by atoms with Crippen LogP contribution in [0.25, 0.3) is 0 Å². The summed E-state index contributed by atoms with van der Waals surface area (Å²) in [4.78, 5) is 23.2. The number of benzene rings is 1. The van der Waals surface area contributed by atoms with E-state index in [-0.39, 0.29) is 4.90 Å². The summed E-state index contributed by atoms with van der Waals surface area (Å²) in [5, 5.41) is 7.48. The van der Waals surface area contributed by atoms with Crippen LogP contribution in [0.4, 0.5) is 5.69 Å².